The summed E-state index contributed by atoms with van der Waals surface area (Å²) < 4.78 is 69.3. The highest BCUT2D eigenvalue weighted by molar-refractivity contribution is 9.10. The van der Waals surface area contributed by atoms with Gasteiger partial charge in [-0.2, -0.15) is 0 Å². The molecule has 2 aromatic carbocycles. The number of halogens is 4. The molecule has 0 aliphatic rings. The zero-order valence-corrected chi connectivity index (χ0v) is 17.8. The molecule has 31 heavy (non-hydrogen) atoms. The van der Waals surface area contributed by atoms with Crippen LogP contribution in [0.5, 0.6) is 0 Å². The molecule has 1 aromatic heterocycles. The van der Waals surface area contributed by atoms with Gasteiger partial charge in [-0.15, -0.1) is 0 Å². The van der Waals surface area contributed by atoms with E-state index in [1.165, 1.54) is 12.3 Å². The topological polar surface area (TPSA) is 109 Å². The predicted octanol–water partition coefficient (Wildman–Crippen LogP) is 4.04. The third-order valence-electron chi connectivity index (χ3n) is 3.97. The molecular weight excluding hydrogens is 497 g/mol. The van der Waals surface area contributed by atoms with Crippen molar-refractivity contribution in [3.05, 3.63) is 81.2 Å². The van der Waals surface area contributed by atoms with E-state index >= 15 is 0 Å². The Kier molecular flexibility index (Phi) is 6.33. The third-order valence-corrected chi connectivity index (χ3v) is 5.94. The third kappa shape index (κ3) is 4.87. The highest BCUT2D eigenvalue weighted by atomic mass is 79.9. The molecule has 3 rings (SSSR count). The summed E-state index contributed by atoms with van der Waals surface area (Å²) in [6.45, 7) is 0. The summed E-state index contributed by atoms with van der Waals surface area (Å²) in [5.41, 5.74) is 4.89. The molecule has 0 aliphatic carbocycles. The normalized spacial score (nSPS) is 10.8. The van der Waals surface area contributed by atoms with Crippen LogP contribution in [0, 0.1) is 34.7 Å². The van der Waals surface area contributed by atoms with Crippen LogP contribution in [0.15, 0.2) is 52.0 Å². The average Bonchev–Trinajstić information content (AvgIpc) is 2.73. The Balaban J connectivity index is 1.98. The van der Waals surface area contributed by atoms with E-state index in [1.807, 2.05) is 4.72 Å². The number of nitrogens with two attached hydrogens (primary N) is 1. The monoisotopic (exact) mass is 508 g/mol. The van der Waals surface area contributed by atoms with Gasteiger partial charge in [-0.25, -0.2) is 26.6 Å². The lowest BCUT2D eigenvalue weighted by Crippen LogP contribution is -2.15. The number of hydrogen-bond acceptors (Lipinski definition) is 5. The van der Waals surface area contributed by atoms with Crippen molar-refractivity contribution in [2.45, 2.75) is 4.90 Å². The minimum atomic E-state index is -4.29. The molecular formula is C20H12BrF3N4O2S. The van der Waals surface area contributed by atoms with Crippen LogP contribution in [-0.4, -0.2) is 19.6 Å². The van der Waals surface area contributed by atoms with Crippen LogP contribution in [0.4, 0.5) is 24.7 Å². The molecule has 0 bridgehead atoms. The molecule has 6 nitrogen and oxygen atoms in total. The molecule has 158 valence electrons. The maximum atomic E-state index is 14.8. The Hall–Kier alpha value is -3.36. The smallest absolute Gasteiger partial charge is 0.262 e. The summed E-state index contributed by atoms with van der Waals surface area (Å²) in [6.07, 6.45) is 2.22. The highest BCUT2D eigenvalue weighted by Crippen LogP contribution is 2.25. The zero-order valence-electron chi connectivity index (χ0n) is 15.4. The van der Waals surface area contributed by atoms with Crippen molar-refractivity contribution in [1.82, 2.24) is 4.98 Å². The van der Waals surface area contributed by atoms with Crippen LogP contribution >= 0.6 is 15.9 Å². The summed E-state index contributed by atoms with van der Waals surface area (Å²) >= 11 is 2.88. The van der Waals surface area contributed by atoms with Crippen molar-refractivity contribution in [2.75, 3.05) is 10.5 Å². The van der Waals surface area contributed by atoms with Gasteiger partial charge in [0.2, 0.25) is 0 Å². The number of anilines is 2. The van der Waals surface area contributed by atoms with E-state index in [9.17, 15) is 21.6 Å². The van der Waals surface area contributed by atoms with E-state index in [0.29, 0.717) is 0 Å². The first-order valence-electron chi connectivity index (χ1n) is 8.36. The quantitative estimate of drug-likeness (QED) is 0.365. The Bertz CT molecular complexity index is 1370. The second-order valence-electron chi connectivity index (χ2n) is 6.06. The number of nitrogens with zero attached hydrogens (tertiary/aromatic N) is 1. The first kappa shape index (κ1) is 22.3. The Morgan fingerprint density at radius 1 is 1.10 bits per heavy atom. The second kappa shape index (κ2) is 8.79. The standard InChI is InChI=1S/C20H12BrF3N4O2S/c21-15-8-13(2-4-17(15)23)31(29,30)28-18-6-5-16(22)14(19(18)24)3-1-11-7-12(9-25)20(26)27-10-11/h2,4-10,25,28H,(H2,26,27). The molecule has 0 amide bonds. The fourth-order valence-electron chi connectivity index (χ4n) is 2.40. The van der Waals surface area contributed by atoms with Crippen LogP contribution in [0.3, 0.4) is 0 Å². The lowest BCUT2D eigenvalue weighted by Gasteiger charge is -2.11. The minimum absolute atomic E-state index is 0.0945. The molecule has 3 aromatic rings. The summed E-state index contributed by atoms with van der Waals surface area (Å²) in [5, 5.41) is 7.25. The zero-order chi connectivity index (χ0) is 22.8. The van der Waals surface area contributed by atoms with Gasteiger partial charge in [-0.1, -0.05) is 11.8 Å². The summed E-state index contributed by atoms with van der Waals surface area (Å²) in [6, 6.07) is 6.12. The molecule has 0 spiro atoms. The van der Waals surface area contributed by atoms with Gasteiger partial charge in [0.25, 0.3) is 10.0 Å². The molecule has 0 aliphatic heterocycles. The number of nitrogen functional groups attached to an aromatic ring is 1. The Morgan fingerprint density at radius 2 is 1.81 bits per heavy atom. The van der Waals surface area contributed by atoms with Crippen LogP contribution < -0.4 is 10.5 Å². The van der Waals surface area contributed by atoms with Crippen molar-refractivity contribution in [2.24, 2.45) is 0 Å². The van der Waals surface area contributed by atoms with Crippen molar-refractivity contribution in [3.8, 4) is 11.8 Å². The Morgan fingerprint density at radius 3 is 2.48 bits per heavy atom. The van der Waals surface area contributed by atoms with Gasteiger partial charge < -0.3 is 11.1 Å². The van der Waals surface area contributed by atoms with Crippen molar-refractivity contribution in [3.63, 3.8) is 0 Å². The van der Waals surface area contributed by atoms with Gasteiger partial charge in [0.1, 0.15) is 17.5 Å². The molecule has 0 radical (unpaired) electrons. The lowest BCUT2D eigenvalue weighted by atomic mass is 10.1. The number of nitrogens with one attached hydrogen (secondary N) is 2. The molecule has 0 saturated heterocycles. The highest BCUT2D eigenvalue weighted by Gasteiger charge is 2.20. The maximum absolute atomic E-state index is 14.8. The van der Waals surface area contributed by atoms with E-state index in [0.717, 1.165) is 36.5 Å². The second-order valence-corrected chi connectivity index (χ2v) is 8.59. The van der Waals surface area contributed by atoms with Gasteiger partial charge in [0.15, 0.2) is 5.82 Å². The molecule has 1 heterocycles. The molecule has 0 saturated carbocycles. The predicted molar refractivity (Wildman–Crippen MR) is 114 cm³/mol. The van der Waals surface area contributed by atoms with Gasteiger partial charge in [0, 0.05) is 23.5 Å². The van der Waals surface area contributed by atoms with Crippen molar-refractivity contribution < 1.29 is 21.6 Å². The average molecular weight is 509 g/mol. The van der Waals surface area contributed by atoms with Crippen LogP contribution in [0.25, 0.3) is 0 Å². The first-order valence-corrected chi connectivity index (χ1v) is 10.6. The number of pyridine rings is 1. The first-order chi connectivity index (χ1) is 14.6. The van der Waals surface area contributed by atoms with Gasteiger partial charge in [-0.3, -0.25) is 4.72 Å². The van der Waals surface area contributed by atoms with Crippen LogP contribution in [0.1, 0.15) is 16.7 Å². The van der Waals surface area contributed by atoms with Crippen molar-refractivity contribution >= 4 is 43.7 Å². The summed E-state index contributed by atoms with van der Waals surface area (Å²) in [7, 11) is -4.29. The molecule has 11 heteroatoms. The number of sulfonamides is 1. The van der Waals surface area contributed by atoms with Crippen LogP contribution in [0.2, 0.25) is 0 Å². The molecule has 0 unspecified atom stereocenters. The van der Waals surface area contributed by atoms with Gasteiger partial charge >= 0.3 is 0 Å². The summed E-state index contributed by atoms with van der Waals surface area (Å²) in [5.74, 6) is 2.00. The van der Waals surface area contributed by atoms with Gasteiger partial charge in [-0.05, 0) is 52.3 Å². The lowest BCUT2D eigenvalue weighted by molar-refractivity contribution is 0.577. The number of rotatable bonds is 4. The summed E-state index contributed by atoms with van der Waals surface area (Å²) in [4.78, 5) is 3.50. The number of aromatic nitrogens is 1. The minimum Gasteiger partial charge on any atom is -0.383 e. The van der Waals surface area contributed by atoms with E-state index < -0.39 is 38.7 Å². The fourth-order valence-corrected chi connectivity index (χ4v) is 4.02. The van der Waals surface area contributed by atoms with E-state index in [-0.39, 0.29) is 26.3 Å². The van der Waals surface area contributed by atoms with E-state index in [1.54, 1.807) is 0 Å². The SMILES string of the molecule is N=Cc1cc(C#Cc2c(F)ccc(NS(=O)(=O)c3ccc(F)c(Br)c3)c2F)cnc1N. The number of benzene rings is 2. The van der Waals surface area contributed by atoms with Crippen molar-refractivity contribution in [1.29, 1.82) is 5.41 Å². The molecule has 4 N–H and O–H groups in total. The largest absolute Gasteiger partial charge is 0.383 e. The Labute approximate surface area is 184 Å². The molecule has 0 atom stereocenters. The maximum Gasteiger partial charge on any atom is 0.262 e. The fraction of sp³-hybridized carbons (Fsp3) is 0. The van der Waals surface area contributed by atoms with Crippen LogP contribution in [-0.2, 0) is 10.0 Å². The molecule has 0 fully saturated rings. The van der Waals surface area contributed by atoms with Gasteiger partial charge in [0.05, 0.1) is 20.6 Å². The van der Waals surface area contributed by atoms with E-state index in [2.05, 4.69) is 32.8 Å². The van der Waals surface area contributed by atoms with E-state index in [4.69, 9.17) is 11.1 Å². The number of hydrogen-bond donors (Lipinski definition) is 3.